The van der Waals surface area contributed by atoms with Crippen molar-refractivity contribution in [2.45, 2.75) is 0 Å². The molecule has 3 rings (SSSR count). The van der Waals surface area contributed by atoms with Gasteiger partial charge in [0.25, 0.3) is 0 Å². The van der Waals surface area contributed by atoms with E-state index in [1.165, 1.54) is 0 Å². The molecule has 24 heavy (non-hydrogen) atoms. The molecule has 0 fully saturated rings. The minimum absolute atomic E-state index is 0.127. The van der Waals surface area contributed by atoms with E-state index in [0.29, 0.717) is 0 Å². The molecule has 0 aliphatic rings. The molecule has 0 bridgehead atoms. The number of anilines is 3. The third-order valence-corrected chi connectivity index (χ3v) is 3.77. The summed E-state index contributed by atoms with van der Waals surface area (Å²) in [5.41, 5.74) is 2.71. The van der Waals surface area contributed by atoms with Crippen LogP contribution in [-0.4, -0.2) is 20.1 Å². The molecule has 120 valence electrons. The van der Waals surface area contributed by atoms with Gasteiger partial charge in [0.2, 0.25) is 0 Å². The van der Waals surface area contributed by atoms with Crippen molar-refractivity contribution in [2.75, 3.05) is 23.9 Å². The lowest BCUT2D eigenvalue weighted by Crippen LogP contribution is -2.50. The van der Waals surface area contributed by atoms with Crippen LogP contribution in [0.5, 0.6) is 0 Å². The second-order valence-corrected chi connectivity index (χ2v) is 5.65. The van der Waals surface area contributed by atoms with Crippen molar-refractivity contribution in [3.63, 3.8) is 0 Å². The Labute approximate surface area is 142 Å². The first-order valence-corrected chi connectivity index (χ1v) is 7.80. The summed E-state index contributed by atoms with van der Waals surface area (Å²) in [6.07, 6.45) is 3.58. The smallest absolute Gasteiger partial charge is 0.377 e. The molecule has 0 unspecified atom stereocenters. The molecule has 1 heterocycles. The molecule has 0 N–H and O–H groups in total. The highest BCUT2D eigenvalue weighted by Gasteiger charge is 2.28. The number of nitrogens with zero attached hydrogens (tertiary/aromatic N) is 3. The van der Waals surface area contributed by atoms with Crippen molar-refractivity contribution in [3.8, 4) is 0 Å². The average molecular weight is 318 g/mol. The van der Waals surface area contributed by atoms with E-state index in [4.69, 9.17) is 0 Å². The van der Waals surface area contributed by atoms with Gasteiger partial charge in [0.15, 0.2) is 0 Å². The van der Waals surface area contributed by atoms with Gasteiger partial charge in [-0.15, -0.1) is 0 Å². The molecule has 3 aromatic rings. The van der Waals surface area contributed by atoms with E-state index in [1.807, 2.05) is 91.8 Å². The molecule has 2 aromatic carbocycles. The maximum atomic E-state index is 13.1. The lowest BCUT2D eigenvalue weighted by molar-refractivity contribution is -0.569. The summed E-state index contributed by atoms with van der Waals surface area (Å²) >= 11 is 0. The third kappa shape index (κ3) is 3.27. The molecule has 0 atom stereocenters. The van der Waals surface area contributed by atoms with Crippen molar-refractivity contribution in [1.29, 1.82) is 0 Å². The number of pyridine rings is 1. The Balaban J connectivity index is 2.01. The predicted octanol–water partition coefficient (Wildman–Crippen LogP) is 3.85. The Morgan fingerprint density at radius 2 is 1.17 bits per heavy atom. The zero-order valence-electron chi connectivity index (χ0n) is 13.8. The third-order valence-electron chi connectivity index (χ3n) is 3.77. The van der Waals surface area contributed by atoms with Crippen LogP contribution in [0.1, 0.15) is 0 Å². The molecule has 0 radical (unpaired) electrons. The topological polar surface area (TPSA) is 27.4 Å². The van der Waals surface area contributed by atoms with Crippen LogP contribution in [0.25, 0.3) is 0 Å². The number of amides is 1. The summed E-state index contributed by atoms with van der Waals surface area (Å²) < 4.78 is 1.59. The minimum Gasteiger partial charge on any atom is -0.377 e. The Morgan fingerprint density at radius 1 is 0.708 bits per heavy atom. The van der Waals surface area contributed by atoms with Crippen molar-refractivity contribution >= 4 is 23.1 Å². The normalized spacial score (nSPS) is 10.2. The van der Waals surface area contributed by atoms with E-state index in [0.717, 1.165) is 17.1 Å². The van der Waals surface area contributed by atoms with Gasteiger partial charge < -0.3 is 4.90 Å². The van der Waals surface area contributed by atoms with Gasteiger partial charge in [-0.05, 0) is 24.3 Å². The fourth-order valence-corrected chi connectivity index (χ4v) is 2.48. The number of hydrogen-bond donors (Lipinski definition) is 0. The fourth-order valence-electron chi connectivity index (χ4n) is 2.48. The van der Waals surface area contributed by atoms with Gasteiger partial charge in [-0.25, -0.2) is 0 Å². The van der Waals surface area contributed by atoms with Gasteiger partial charge in [-0.1, -0.05) is 36.4 Å². The number of carbonyl (C=O) groups excluding carboxylic acids is 1. The largest absolute Gasteiger partial charge is 0.508 e. The highest BCUT2D eigenvalue weighted by Crippen LogP contribution is 2.24. The molecule has 4 heteroatoms. The van der Waals surface area contributed by atoms with Crippen LogP contribution in [0.2, 0.25) is 0 Å². The van der Waals surface area contributed by atoms with Gasteiger partial charge in [0.1, 0.15) is 23.8 Å². The van der Waals surface area contributed by atoms with Crippen molar-refractivity contribution in [3.05, 3.63) is 85.2 Å². The van der Waals surface area contributed by atoms with E-state index < -0.39 is 0 Å². The lowest BCUT2D eigenvalue weighted by atomic mass is 10.2. The number of carbonyl (C=O) groups is 1. The van der Waals surface area contributed by atoms with Gasteiger partial charge in [0.05, 0.1) is 0 Å². The molecular formula is C20H20N3O+. The maximum Gasteiger partial charge on any atom is 0.508 e. The highest BCUT2D eigenvalue weighted by molar-refractivity contribution is 5.94. The first-order valence-electron chi connectivity index (χ1n) is 7.80. The summed E-state index contributed by atoms with van der Waals surface area (Å²) in [4.78, 5) is 16.8. The molecule has 0 saturated carbocycles. The number of benzene rings is 2. The van der Waals surface area contributed by atoms with Crippen LogP contribution in [-0.2, 0) is 0 Å². The molecule has 0 aliphatic heterocycles. The van der Waals surface area contributed by atoms with Crippen LogP contribution in [0.15, 0.2) is 85.2 Å². The summed E-state index contributed by atoms with van der Waals surface area (Å²) in [6.45, 7) is 0. The fraction of sp³-hybridized carbons (Fsp3) is 0.100. The first kappa shape index (κ1) is 15.7. The summed E-state index contributed by atoms with van der Waals surface area (Å²) in [5, 5.41) is 0. The zero-order valence-corrected chi connectivity index (χ0v) is 13.8. The number of hydrogen-bond acceptors (Lipinski definition) is 2. The van der Waals surface area contributed by atoms with E-state index in [1.54, 1.807) is 21.9 Å². The van der Waals surface area contributed by atoms with Crippen molar-refractivity contribution in [1.82, 2.24) is 0 Å². The van der Waals surface area contributed by atoms with E-state index in [2.05, 4.69) is 0 Å². The van der Waals surface area contributed by atoms with Gasteiger partial charge in [-0.2, -0.15) is 14.3 Å². The molecule has 1 amide bonds. The van der Waals surface area contributed by atoms with E-state index in [9.17, 15) is 4.79 Å². The molecule has 0 aliphatic carbocycles. The number of aromatic nitrogens is 1. The molecule has 0 saturated heterocycles. The number of para-hydroxylation sites is 2. The quantitative estimate of drug-likeness (QED) is 0.686. The number of rotatable bonds is 3. The average Bonchev–Trinajstić information content (AvgIpc) is 2.64. The Hall–Kier alpha value is -3.14. The van der Waals surface area contributed by atoms with Crippen LogP contribution < -0.4 is 14.4 Å². The monoisotopic (exact) mass is 318 g/mol. The molecule has 1 aromatic heterocycles. The van der Waals surface area contributed by atoms with Crippen LogP contribution in [0.4, 0.5) is 21.9 Å². The molecular weight excluding hydrogens is 298 g/mol. The highest BCUT2D eigenvalue weighted by atomic mass is 16.2. The summed E-state index contributed by atoms with van der Waals surface area (Å²) in [5.74, 6) is 0. The zero-order chi connectivity index (χ0) is 16.9. The van der Waals surface area contributed by atoms with Gasteiger partial charge >= 0.3 is 6.03 Å². The standard InChI is InChI=1S/C20H20N3O/c1-21(2)17-13-15-22(16-14-17)20(24)23(18-9-5-3-6-10-18)19-11-7-4-8-12-19/h3-16H,1-2H3/q+1. The van der Waals surface area contributed by atoms with Crippen molar-refractivity contribution in [2.24, 2.45) is 0 Å². The second kappa shape index (κ2) is 6.96. The van der Waals surface area contributed by atoms with Gasteiger partial charge in [-0.3, -0.25) is 0 Å². The summed E-state index contributed by atoms with van der Waals surface area (Å²) in [7, 11) is 3.95. The van der Waals surface area contributed by atoms with Crippen LogP contribution in [0.3, 0.4) is 0 Å². The predicted molar refractivity (Wildman–Crippen MR) is 96.8 cm³/mol. The van der Waals surface area contributed by atoms with E-state index in [-0.39, 0.29) is 6.03 Å². The van der Waals surface area contributed by atoms with E-state index >= 15 is 0 Å². The molecule has 0 spiro atoms. The lowest BCUT2D eigenvalue weighted by Gasteiger charge is -2.16. The molecule has 4 nitrogen and oxygen atoms in total. The van der Waals surface area contributed by atoms with Gasteiger partial charge in [0, 0.05) is 31.9 Å². The second-order valence-electron chi connectivity index (χ2n) is 5.65. The van der Waals surface area contributed by atoms with Crippen molar-refractivity contribution < 1.29 is 9.36 Å². The maximum absolute atomic E-state index is 13.1. The minimum atomic E-state index is -0.127. The Morgan fingerprint density at radius 3 is 1.58 bits per heavy atom. The first-order chi connectivity index (χ1) is 11.7. The van der Waals surface area contributed by atoms with Crippen LogP contribution >= 0.6 is 0 Å². The summed E-state index contributed by atoms with van der Waals surface area (Å²) in [6, 6.07) is 23.0. The SMILES string of the molecule is CN(C)c1cc[n+](C(=O)N(c2ccccc2)c2ccccc2)cc1. The Kier molecular flexibility index (Phi) is 4.57. The van der Waals surface area contributed by atoms with Crippen LogP contribution in [0, 0.1) is 0 Å². The Bertz CT molecular complexity index is 760.